The zero-order valence-electron chi connectivity index (χ0n) is 13.4. The molecule has 3 N–H and O–H groups in total. The van der Waals surface area contributed by atoms with Crippen molar-refractivity contribution in [3.8, 4) is 0 Å². The second-order valence-electron chi connectivity index (χ2n) is 6.23. The quantitative estimate of drug-likeness (QED) is 0.644. The van der Waals surface area contributed by atoms with Gasteiger partial charge in [0.2, 0.25) is 0 Å². The lowest BCUT2D eigenvalue weighted by Gasteiger charge is -2.29. The molecular weight excluding hydrogens is 268 g/mol. The van der Waals surface area contributed by atoms with Gasteiger partial charge >= 0.3 is 12.0 Å². The number of carboxylic acid groups (broad SMARTS) is 1. The number of rotatable bonds is 8. The highest BCUT2D eigenvalue weighted by molar-refractivity contribution is 5.74. The molecule has 1 saturated carbocycles. The molecule has 0 aromatic rings. The van der Waals surface area contributed by atoms with Crippen LogP contribution in [0.2, 0.25) is 0 Å². The predicted octanol–water partition coefficient (Wildman–Crippen LogP) is 3.15. The summed E-state index contributed by atoms with van der Waals surface area (Å²) >= 11 is 0. The van der Waals surface area contributed by atoms with Gasteiger partial charge < -0.3 is 15.7 Å². The van der Waals surface area contributed by atoms with Gasteiger partial charge in [0.05, 0.1) is 0 Å². The van der Waals surface area contributed by atoms with Gasteiger partial charge in [-0.05, 0) is 37.5 Å². The minimum absolute atomic E-state index is 0.00791. The Morgan fingerprint density at radius 3 is 2.38 bits per heavy atom. The van der Waals surface area contributed by atoms with Crippen LogP contribution in [0.4, 0.5) is 4.79 Å². The van der Waals surface area contributed by atoms with Crippen LogP contribution in [0.5, 0.6) is 0 Å². The van der Waals surface area contributed by atoms with Gasteiger partial charge in [0, 0.05) is 19.0 Å². The molecule has 0 radical (unpaired) electrons. The number of carboxylic acids is 1. The molecule has 0 heterocycles. The van der Waals surface area contributed by atoms with Crippen LogP contribution >= 0.6 is 0 Å². The standard InChI is InChI=1S/C16H30N2O3/c1-3-5-13-6-8-14(9-7-13)18-16(21)17-11-12(4-2)10-15(19)20/h12-14H,3-11H2,1-2H3,(H,19,20)(H2,17,18,21). The van der Waals surface area contributed by atoms with E-state index in [2.05, 4.69) is 17.6 Å². The van der Waals surface area contributed by atoms with E-state index in [9.17, 15) is 9.59 Å². The number of aliphatic carboxylic acids is 1. The summed E-state index contributed by atoms with van der Waals surface area (Å²) in [7, 11) is 0. The Hall–Kier alpha value is -1.26. The van der Waals surface area contributed by atoms with Gasteiger partial charge in [0.15, 0.2) is 0 Å². The molecule has 1 rings (SSSR count). The summed E-state index contributed by atoms with van der Waals surface area (Å²) in [4.78, 5) is 22.5. The normalized spacial score (nSPS) is 23.3. The van der Waals surface area contributed by atoms with Crippen LogP contribution in [0, 0.1) is 11.8 Å². The van der Waals surface area contributed by atoms with E-state index >= 15 is 0 Å². The Morgan fingerprint density at radius 1 is 1.19 bits per heavy atom. The lowest BCUT2D eigenvalue weighted by atomic mass is 9.83. The number of carbonyl (C=O) groups excluding carboxylic acids is 1. The maximum Gasteiger partial charge on any atom is 0.315 e. The van der Waals surface area contributed by atoms with Crippen LogP contribution in [0.3, 0.4) is 0 Å². The molecule has 1 fully saturated rings. The molecule has 0 bridgehead atoms. The third-order valence-electron chi connectivity index (χ3n) is 4.47. The number of carbonyl (C=O) groups is 2. The zero-order chi connectivity index (χ0) is 15.7. The summed E-state index contributed by atoms with van der Waals surface area (Å²) in [5.74, 6) is 0.0306. The summed E-state index contributed by atoms with van der Waals surface area (Å²) in [5.41, 5.74) is 0. The van der Waals surface area contributed by atoms with Crippen LogP contribution in [0.15, 0.2) is 0 Å². The number of nitrogens with one attached hydrogen (secondary N) is 2. The van der Waals surface area contributed by atoms with Crippen molar-refractivity contribution in [2.75, 3.05) is 6.54 Å². The molecule has 0 spiro atoms. The van der Waals surface area contributed by atoms with Crippen molar-refractivity contribution >= 4 is 12.0 Å². The molecular formula is C16H30N2O3. The van der Waals surface area contributed by atoms with Crippen molar-refractivity contribution in [3.05, 3.63) is 0 Å². The van der Waals surface area contributed by atoms with E-state index in [0.29, 0.717) is 6.54 Å². The first kappa shape index (κ1) is 17.8. The van der Waals surface area contributed by atoms with Gasteiger partial charge in [-0.25, -0.2) is 4.79 Å². The highest BCUT2D eigenvalue weighted by atomic mass is 16.4. The summed E-state index contributed by atoms with van der Waals surface area (Å²) in [6.45, 7) is 4.60. The lowest BCUT2D eigenvalue weighted by molar-refractivity contribution is -0.138. The third kappa shape index (κ3) is 7.34. The molecule has 122 valence electrons. The summed E-state index contributed by atoms with van der Waals surface area (Å²) in [6, 6.07) is 0.121. The summed E-state index contributed by atoms with van der Waals surface area (Å²) < 4.78 is 0. The van der Waals surface area contributed by atoms with Crippen LogP contribution < -0.4 is 10.6 Å². The van der Waals surface area contributed by atoms with Crippen molar-refractivity contribution < 1.29 is 14.7 Å². The fourth-order valence-electron chi connectivity index (χ4n) is 3.08. The molecule has 0 aliphatic heterocycles. The van der Waals surface area contributed by atoms with E-state index in [-0.39, 0.29) is 24.4 Å². The highest BCUT2D eigenvalue weighted by Crippen LogP contribution is 2.27. The second kappa shape index (κ2) is 9.64. The number of hydrogen-bond acceptors (Lipinski definition) is 2. The van der Waals surface area contributed by atoms with Crippen molar-refractivity contribution in [2.24, 2.45) is 11.8 Å². The monoisotopic (exact) mass is 298 g/mol. The van der Waals surface area contributed by atoms with E-state index in [1.807, 2.05) is 6.92 Å². The second-order valence-corrected chi connectivity index (χ2v) is 6.23. The minimum atomic E-state index is -0.807. The number of urea groups is 1. The van der Waals surface area contributed by atoms with Crippen LogP contribution in [0.25, 0.3) is 0 Å². The largest absolute Gasteiger partial charge is 0.481 e. The van der Waals surface area contributed by atoms with Crippen molar-refractivity contribution in [3.63, 3.8) is 0 Å². The Labute approximate surface area is 127 Å². The Bertz CT molecular complexity index is 325. The molecule has 21 heavy (non-hydrogen) atoms. The van der Waals surface area contributed by atoms with E-state index in [1.54, 1.807) is 0 Å². The molecule has 5 heteroatoms. The fourth-order valence-corrected chi connectivity index (χ4v) is 3.08. The summed E-state index contributed by atoms with van der Waals surface area (Å²) in [6.07, 6.45) is 7.94. The van der Waals surface area contributed by atoms with E-state index < -0.39 is 5.97 Å². The SMILES string of the molecule is CCCC1CCC(NC(=O)NCC(CC)CC(=O)O)CC1. The van der Waals surface area contributed by atoms with Gasteiger partial charge in [0.1, 0.15) is 0 Å². The highest BCUT2D eigenvalue weighted by Gasteiger charge is 2.22. The van der Waals surface area contributed by atoms with Gasteiger partial charge in [0.25, 0.3) is 0 Å². The molecule has 0 saturated heterocycles. The first-order valence-electron chi connectivity index (χ1n) is 8.31. The molecule has 1 unspecified atom stereocenters. The van der Waals surface area contributed by atoms with Crippen LogP contribution in [-0.4, -0.2) is 29.7 Å². The average Bonchev–Trinajstić information content (AvgIpc) is 2.45. The maximum absolute atomic E-state index is 11.9. The molecule has 1 aliphatic carbocycles. The summed E-state index contributed by atoms with van der Waals surface area (Å²) in [5, 5.41) is 14.6. The molecule has 1 aliphatic rings. The van der Waals surface area contributed by atoms with Gasteiger partial charge in [-0.1, -0.05) is 33.1 Å². The Morgan fingerprint density at radius 2 is 1.86 bits per heavy atom. The molecule has 1 atom stereocenters. The third-order valence-corrected chi connectivity index (χ3v) is 4.47. The number of hydrogen-bond donors (Lipinski definition) is 3. The van der Waals surface area contributed by atoms with Crippen LogP contribution in [-0.2, 0) is 4.79 Å². The fraction of sp³-hybridized carbons (Fsp3) is 0.875. The minimum Gasteiger partial charge on any atom is -0.481 e. The first-order valence-corrected chi connectivity index (χ1v) is 8.31. The number of amides is 2. The lowest BCUT2D eigenvalue weighted by Crippen LogP contribution is -2.45. The van der Waals surface area contributed by atoms with Crippen LogP contribution in [0.1, 0.15) is 65.2 Å². The zero-order valence-corrected chi connectivity index (χ0v) is 13.4. The topological polar surface area (TPSA) is 78.4 Å². The van der Waals surface area contributed by atoms with Crippen molar-refractivity contribution in [1.29, 1.82) is 0 Å². The molecule has 5 nitrogen and oxygen atoms in total. The van der Waals surface area contributed by atoms with Crippen molar-refractivity contribution in [2.45, 2.75) is 71.3 Å². The van der Waals surface area contributed by atoms with E-state index in [4.69, 9.17) is 5.11 Å². The van der Waals surface area contributed by atoms with Gasteiger partial charge in [-0.3, -0.25) is 4.79 Å². The Balaban J connectivity index is 2.20. The van der Waals surface area contributed by atoms with Gasteiger partial charge in [-0.15, -0.1) is 0 Å². The van der Waals surface area contributed by atoms with E-state index in [0.717, 1.165) is 25.2 Å². The average molecular weight is 298 g/mol. The Kier molecular flexibility index (Phi) is 8.16. The van der Waals surface area contributed by atoms with Crippen molar-refractivity contribution in [1.82, 2.24) is 10.6 Å². The maximum atomic E-state index is 11.9. The van der Waals surface area contributed by atoms with E-state index in [1.165, 1.54) is 25.7 Å². The molecule has 2 amide bonds. The smallest absolute Gasteiger partial charge is 0.315 e. The molecule has 0 aromatic heterocycles. The molecule has 0 aromatic carbocycles. The van der Waals surface area contributed by atoms with Gasteiger partial charge in [-0.2, -0.15) is 0 Å². The first-order chi connectivity index (χ1) is 10.0. The predicted molar refractivity (Wildman–Crippen MR) is 83.2 cm³/mol.